The van der Waals surface area contributed by atoms with Gasteiger partial charge in [-0.2, -0.15) is 0 Å². The summed E-state index contributed by atoms with van der Waals surface area (Å²) in [7, 11) is 2.05. The highest BCUT2D eigenvalue weighted by Gasteiger charge is 2.13. The molecular formula is C18H26N2O2. The van der Waals surface area contributed by atoms with Crippen LogP contribution in [0.15, 0.2) is 48.7 Å². The summed E-state index contributed by atoms with van der Waals surface area (Å²) >= 11 is 0. The first kappa shape index (κ1) is 16.6. The molecule has 1 aromatic carbocycles. The molecule has 120 valence electrons. The van der Waals surface area contributed by atoms with Gasteiger partial charge in [0.25, 0.3) is 0 Å². The van der Waals surface area contributed by atoms with Crippen molar-refractivity contribution in [3.63, 3.8) is 0 Å². The summed E-state index contributed by atoms with van der Waals surface area (Å²) in [4.78, 5) is 2.27. The van der Waals surface area contributed by atoms with E-state index in [9.17, 15) is 5.11 Å². The number of hydrogen-bond acceptors (Lipinski definition) is 3. The molecule has 1 N–H and O–H groups in total. The molecule has 0 fully saturated rings. The average Bonchev–Trinajstić information content (AvgIpc) is 2.92. The molecule has 4 heteroatoms. The van der Waals surface area contributed by atoms with Crippen molar-refractivity contribution in [3.05, 3.63) is 54.4 Å². The fourth-order valence-corrected chi connectivity index (χ4v) is 2.50. The third-order valence-corrected chi connectivity index (χ3v) is 3.63. The number of aryl methyl sites for hydroxylation is 1. The van der Waals surface area contributed by atoms with E-state index in [1.54, 1.807) is 0 Å². The van der Waals surface area contributed by atoms with Crippen LogP contribution < -0.4 is 4.74 Å². The van der Waals surface area contributed by atoms with Gasteiger partial charge in [-0.3, -0.25) is 4.90 Å². The lowest BCUT2D eigenvalue weighted by atomic mass is 10.3. The molecule has 22 heavy (non-hydrogen) atoms. The molecule has 0 spiro atoms. The number of aliphatic hydroxyl groups excluding tert-OH is 1. The van der Waals surface area contributed by atoms with Crippen molar-refractivity contribution in [1.29, 1.82) is 0 Å². The lowest BCUT2D eigenvalue weighted by molar-refractivity contribution is 0.0649. The Labute approximate surface area is 132 Å². The van der Waals surface area contributed by atoms with Crippen molar-refractivity contribution in [2.45, 2.75) is 26.0 Å². The van der Waals surface area contributed by atoms with Crippen LogP contribution in [0.4, 0.5) is 0 Å². The summed E-state index contributed by atoms with van der Waals surface area (Å²) in [6.45, 7) is 4.90. The van der Waals surface area contributed by atoms with Crippen LogP contribution in [-0.2, 0) is 13.6 Å². The molecular weight excluding hydrogens is 276 g/mol. The Morgan fingerprint density at radius 1 is 1.18 bits per heavy atom. The zero-order chi connectivity index (χ0) is 15.8. The number of nitrogens with zero attached hydrogens (tertiary/aromatic N) is 2. The minimum atomic E-state index is -0.493. The van der Waals surface area contributed by atoms with Gasteiger partial charge in [-0.1, -0.05) is 25.1 Å². The normalized spacial score (nSPS) is 12.5. The average molecular weight is 302 g/mol. The van der Waals surface area contributed by atoms with Crippen LogP contribution >= 0.6 is 0 Å². The molecule has 1 aromatic heterocycles. The number of aliphatic hydroxyl groups is 1. The minimum absolute atomic E-state index is 0.317. The highest BCUT2D eigenvalue weighted by molar-refractivity contribution is 5.20. The molecule has 0 aliphatic heterocycles. The monoisotopic (exact) mass is 302 g/mol. The van der Waals surface area contributed by atoms with E-state index in [0.717, 1.165) is 25.3 Å². The molecule has 0 aliphatic carbocycles. The fraction of sp³-hybridized carbons (Fsp3) is 0.444. The standard InChI is InChI=1S/C18H26N2O2/c1-3-11-20(13-16-8-7-12-19(16)2)14-17(21)15-22-18-9-5-4-6-10-18/h4-10,12,17,21H,3,11,13-15H2,1-2H3. The van der Waals surface area contributed by atoms with Crippen molar-refractivity contribution in [3.8, 4) is 5.75 Å². The predicted molar refractivity (Wildman–Crippen MR) is 88.9 cm³/mol. The zero-order valence-electron chi connectivity index (χ0n) is 13.5. The lowest BCUT2D eigenvalue weighted by Crippen LogP contribution is -2.36. The topological polar surface area (TPSA) is 37.6 Å². The van der Waals surface area contributed by atoms with E-state index in [2.05, 4.69) is 41.8 Å². The van der Waals surface area contributed by atoms with Gasteiger partial charge in [0.05, 0.1) is 0 Å². The van der Waals surface area contributed by atoms with Gasteiger partial charge in [-0.05, 0) is 37.2 Å². The van der Waals surface area contributed by atoms with Crippen molar-refractivity contribution in [2.24, 2.45) is 7.05 Å². The first-order chi connectivity index (χ1) is 10.7. The summed E-state index contributed by atoms with van der Waals surface area (Å²) in [5.41, 5.74) is 1.25. The Morgan fingerprint density at radius 2 is 1.95 bits per heavy atom. The molecule has 1 heterocycles. The second-order valence-corrected chi connectivity index (χ2v) is 5.62. The van der Waals surface area contributed by atoms with Crippen molar-refractivity contribution < 1.29 is 9.84 Å². The maximum Gasteiger partial charge on any atom is 0.119 e. The summed E-state index contributed by atoms with van der Waals surface area (Å²) in [6, 6.07) is 13.8. The predicted octanol–water partition coefficient (Wildman–Crippen LogP) is 2.68. The SMILES string of the molecule is CCCN(Cc1cccn1C)CC(O)COc1ccccc1. The first-order valence-electron chi connectivity index (χ1n) is 7.87. The van der Waals surface area contributed by atoms with Crippen LogP contribution in [0.1, 0.15) is 19.0 Å². The Balaban J connectivity index is 1.83. The van der Waals surface area contributed by atoms with Crippen molar-refractivity contribution in [1.82, 2.24) is 9.47 Å². The van der Waals surface area contributed by atoms with Crippen LogP contribution in [0, 0.1) is 0 Å². The molecule has 0 amide bonds. The summed E-state index contributed by atoms with van der Waals surface area (Å²) < 4.78 is 7.74. The Bertz CT molecular complexity index is 539. The maximum atomic E-state index is 10.2. The van der Waals surface area contributed by atoms with Crippen LogP contribution in [0.2, 0.25) is 0 Å². The van der Waals surface area contributed by atoms with Crippen LogP contribution in [0.25, 0.3) is 0 Å². The number of para-hydroxylation sites is 1. The maximum absolute atomic E-state index is 10.2. The highest BCUT2D eigenvalue weighted by Crippen LogP contribution is 2.10. The third kappa shape index (κ3) is 5.20. The van der Waals surface area contributed by atoms with Gasteiger partial charge < -0.3 is 14.4 Å². The van der Waals surface area contributed by atoms with E-state index in [4.69, 9.17) is 4.74 Å². The van der Waals surface area contributed by atoms with E-state index in [1.807, 2.05) is 30.3 Å². The molecule has 4 nitrogen and oxygen atoms in total. The molecule has 0 saturated heterocycles. The summed E-state index contributed by atoms with van der Waals surface area (Å²) in [5, 5.41) is 10.2. The Kier molecular flexibility index (Phi) is 6.49. The number of aromatic nitrogens is 1. The fourth-order valence-electron chi connectivity index (χ4n) is 2.50. The van der Waals surface area contributed by atoms with Crippen LogP contribution in [0.3, 0.4) is 0 Å². The van der Waals surface area contributed by atoms with Gasteiger partial charge in [-0.15, -0.1) is 0 Å². The van der Waals surface area contributed by atoms with Gasteiger partial charge in [0.15, 0.2) is 0 Å². The van der Waals surface area contributed by atoms with Gasteiger partial charge >= 0.3 is 0 Å². The van der Waals surface area contributed by atoms with E-state index in [1.165, 1.54) is 5.69 Å². The largest absolute Gasteiger partial charge is 0.491 e. The summed E-state index contributed by atoms with van der Waals surface area (Å²) in [5.74, 6) is 0.797. The van der Waals surface area contributed by atoms with Crippen molar-refractivity contribution >= 4 is 0 Å². The Morgan fingerprint density at radius 3 is 2.59 bits per heavy atom. The molecule has 1 atom stereocenters. The van der Waals surface area contributed by atoms with Crippen molar-refractivity contribution in [2.75, 3.05) is 19.7 Å². The third-order valence-electron chi connectivity index (χ3n) is 3.63. The summed E-state index contributed by atoms with van der Waals surface area (Å²) in [6.07, 6.45) is 2.62. The van der Waals surface area contributed by atoms with Crippen LogP contribution in [-0.4, -0.2) is 40.4 Å². The first-order valence-corrected chi connectivity index (χ1v) is 7.87. The quantitative estimate of drug-likeness (QED) is 0.774. The van der Waals surface area contributed by atoms with Gasteiger partial charge in [0, 0.05) is 32.0 Å². The van der Waals surface area contributed by atoms with E-state index in [-0.39, 0.29) is 0 Å². The Hall–Kier alpha value is -1.78. The van der Waals surface area contributed by atoms with E-state index in [0.29, 0.717) is 13.2 Å². The molecule has 0 aliphatic rings. The molecule has 2 rings (SSSR count). The smallest absolute Gasteiger partial charge is 0.119 e. The van der Waals surface area contributed by atoms with Gasteiger partial charge in [0.1, 0.15) is 18.5 Å². The number of rotatable bonds is 9. The number of hydrogen-bond donors (Lipinski definition) is 1. The molecule has 2 aromatic rings. The van der Waals surface area contributed by atoms with E-state index < -0.39 is 6.10 Å². The molecule has 0 bridgehead atoms. The molecule has 0 saturated carbocycles. The second kappa shape index (κ2) is 8.61. The second-order valence-electron chi connectivity index (χ2n) is 5.62. The van der Waals surface area contributed by atoms with E-state index >= 15 is 0 Å². The van der Waals surface area contributed by atoms with Crippen LogP contribution in [0.5, 0.6) is 5.75 Å². The number of ether oxygens (including phenoxy) is 1. The van der Waals surface area contributed by atoms with Gasteiger partial charge in [0.2, 0.25) is 0 Å². The molecule has 0 radical (unpaired) electrons. The minimum Gasteiger partial charge on any atom is -0.491 e. The highest BCUT2D eigenvalue weighted by atomic mass is 16.5. The zero-order valence-corrected chi connectivity index (χ0v) is 13.5. The molecule has 1 unspecified atom stereocenters. The lowest BCUT2D eigenvalue weighted by Gasteiger charge is -2.25. The van der Waals surface area contributed by atoms with Gasteiger partial charge in [-0.25, -0.2) is 0 Å². The number of benzene rings is 1.